The van der Waals surface area contributed by atoms with Crippen molar-refractivity contribution >= 4 is 15.9 Å². The largest absolute Gasteiger partial charge is 0.306 e. The van der Waals surface area contributed by atoms with Gasteiger partial charge in [0.2, 0.25) is 0 Å². The standard InChI is InChI=1S/C13H13BrN2O/c1-7-5-4-6-8(2)10(7)12-15-9(3)11(14)13(17)16-12/h4-6H,1-3H3,(H,15,16,17). The molecule has 0 unspecified atom stereocenters. The lowest BCUT2D eigenvalue weighted by Crippen LogP contribution is -2.12. The van der Waals surface area contributed by atoms with Gasteiger partial charge in [-0.25, -0.2) is 4.98 Å². The van der Waals surface area contributed by atoms with Crippen LogP contribution in [0.25, 0.3) is 11.4 Å². The highest BCUT2D eigenvalue weighted by atomic mass is 79.9. The third-order valence-electron chi connectivity index (χ3n) is 2.75. The zero-order valence-corrected chi connectivity index (χ0v) is 11.6. The molecule has 2 aromatic rings. The first-order chi connectivity index (χ1) is 8.00. The van der Waals surface area contributed by atoms with Gasteiger partial charge in [-0.1, -0.05) is 18.2 Å². The van der Waals surface area contributed by atoms with Gasteiger partial charge in [-0.3, -0.25) is 4.79 Å². The quantitative estimate of drug-likeness (QED) is 0.878. The van der Waals surface area contributed by atoms with Crippen LogP contribution in [0, 0.1) is 20.8 Å². The van der Waals surface area contributed by atoms with Crippen LogP contribution in [0.2, 0.25) is 0 Å². The van der Waals surface area contributed by atoms with E-state index in [1.54, 1.807) is 0 Å². The van der Waals surface area contributed by atoms with Gasteiger partial charge in [0.15, 0.2) is 0 Å². The second-order valence-electron chi connectivity index (χ2n) is 4.08. The van der Waals surface area contributed by atoms with Crippen LogP contribution in [0.1, 0.15) is 16.8 Å². The second kappa shape index (κ2) is 4.45. The molecule has 0 aliphatic carbocycles. The summed E-state index contributed by atoms with van der Waals surface area (Å²) in [5.41, 5.74) is 3.77. The molecule has 1 aromatic heterocycles. The molecule has 0 bridgehead atoms. The topological polar surface area (TPSA) is 45.8 Å². The van der Waals surface area contributed by atoms with E-state index in [1.165, 1.54) is 0 Å². The van der Waals surface area contributed by atoms with Crippen molar-refractivity contribution in [2.24, 2.45) is 0 Å². The normalized spacial score (nSPS) is 10.6. The Morgan fingerprint density at radius 1 is 1.18 bits per heavy atom. The van der Waals surface area contributed by atoms with E-state index in [0.717, 1.165) is 16.7 Å². The first kappa shape index (κ1) is 12.0. The Balaban J connectivity index is 2.74. The third-order valence-corrected chi connectivity index (χ3v) is 3.68. The van der Waals surface area contributed by atoms with Gasteiger partial charge in [0, 0.05) is 5.56 Å². The fourth-order valence-corrected chi connectivity index (χ4v) is 2.07. The van der Waals surface area contributed by atoms with Crippen molar-refractivity contribution in [3.05, 3.63) is 49.8 Å². The van der Waals surface area contributed by atoms with E-state index in [4.69, 9.17) is 0 Å². The summed E-state index contributed by atoms with van der Waals surface area (Å²) in [5, 5.41) is 0. The van der Waals surface area contributed by atoms with Crippen molar-refractivity contribution in [1.82, 2.24) is 9.97 Å². The van der Waals surface area contributed by atoms with Crippen LogP contribution in [-0.2, 0) is 0 Å². The molecule has 0 spiro atoms. The minimum Gasteiger partial charge on any atom is -0.306 e. The highest BCUT2D eigenvalue weighted by Crippen LogP contribution is 2.24. The van der Waals surface area contributed by atoms with E-state index in [-0.39, 0.29) is 5.56 Å². The van der Waals surface area contributed by atoms with Crippen molar-refractivity contribution in [3.63, 3.8) is 0 Å². The summed E-state index contributed by atoms with van der Waals surface area (Å²) in [7, 11) is 0. The van der Waals surface area contributed by atoms with E-state index < -0.39 is 0 Å². The number of nitrogens with one attached hydrogen (secondary N) is 1. The van der Waals surface area contributed by atoms with Gasteiger partial charge in [-0.05, 0) is 47.8 Å². The summed E-state index contributed by atoms with van der Waals surface area (Å²) in [6, 6.07) is 6.03. The minimum absolute atomic E-state index is 0.143. The summed E-state index contributed by atoms with van der Waals surface area (Å²) in [4.78, 5) is 18.9. The number of rotatable bonds is 1. The van der Waals surface area contributed by atoms with Gasteiger partial charge in [-0.2, -0.15) is 0 Å². The van der Waals surface area contributed by atoms with Gasteiger partial charge in [-0.15, -0.1) is 0 Å². The number of benzene rings is 1. The maximum atomic E-state index is 11.7. The van der Waals surface area contributed by atoms with Crippen LogP contribution < -0.4 is 5.56 Å². The fourth-order valence-electron chi connectivity index (χ4n) is 1.88. The van der Waals surface area contributed by atoms with Crippen LogP contribution in [0.4, 0.5) is 0 Å². The molecule has 1 N–H and O–H groups in total. The molecule has 1 aromatic carbocycles. The monoisotopic (exact) mass is 292 g/mol. The number of H-pyrrole nitrogens is 1. The maximum Gasteiger partial charge on any atom is 0.265 e. The Hall–Kier alpha value is -1.42. The molecule has 0 saturated heterocycles. The van der Waals surface area contributed by atoms with Crippen molar-refractivity contribution in [1.29, 1.82) is 0 Å². The molecule has 2 rings (SSSR count). The number of halogens is 1. The fraction of sp³-hybridized carbons (Fsp3) is 0.231. The zero-order valence-electron chi connectivity index (χ0n) is 9.97. The first-order valence-electron chi connectivity index (χ1n) is 5.33. The van der Waals surface area contributed by atoms with Crippen LogP contribution in [0.5, 0.6) is 0 Å². The molecule has 0 aliphatic rings. The molecule has 0 aliphatic heterocycles. The molecule has 3 nitrogen and oxygen atoms in total. The average Bonchev–Trinajstić information content (AvgIpc) is 2.25. The van der Waals surface area contributed by atoms with Crippen LogP contribution >= 0.6 is 15.9 Å². The first-order valence-corrected chi connectivity index (χ1v) is 6.13. The minimum atomic E-state index is -0.143. The van der Waals surface area contributed by atoms with Crippen molar-refractivity contribution in [3.8, 4) is 11.4 Å². The highest BCUT2D eigenvalue weighted by molar-refractivity contribution is 9.10. The summed E-state index contributed by atoms with van der Waals surface area (Å²) < 4.78 is 0.493. The number of nitrogens with zero attached hydrogens (tertiary/aromatic N) is 1. The molecule has 0 radical (unpaired) electrons. The Labute approximate surface area is 108 Å². The SMILES string of the molecule is Cc1cccc(C)c1-c1nc(C)c(Br)c(=O)[nH]1. The van der Waals surface area contributed by atoms with Gasteiger partial charge in [0.05, 0.1) is 5.69 Å². The smallest absolute Gasteiger partial charge is 0.265 e. The second-order valence-corrected chi connectivity index (χ2v) is 4.87. The predicted molar refractivity (Wildman–Crippen MR) is 72.2 cm³/mol. The van der Waals surface area contributed by atoms with Gasteiger partial charge < -0.3 is 4.98 Å². The van der Waals surface area contributed by atoms with Gasteiger partial charge in [0.1, 0.15) is 10.3 Å². The van der Waals surface area contributed by atoms with E-state index in [0.29, 0.717) is 16.0 Å². The molecule has 4 heteroatoms. The lowest BCUT2D eigenvalue weighted by molar-refractivity contribution is 1.05. The van der Waals surface area contributed by atoms with Gasteiger partial charge in [0.25, 0.3) is 5.56 Å². The number of aryl methyl sites for hydroxylation is 3. The molecule has 88 valence electrons. The Bertz CT molecular complexity index is 612. The number of aromatic amines is 1. The van der Waals surface area contributed by atoms with E-state index in [9.17, 15) is 4.79 Å². The Morgan fingerprint density at radius 2 is 1.76 bits per heavy atom. The van der Waals surface area contributed by atoms with Crippen LogP contribution in [0.15, 0.2) is 27.5 Å². The summed E-state index contributed by atoms with van der Waals surface area (Å²) >= 11 is 3.22. The van der Waals surface area contributed by atoms with Crippen molar-refractivity contribution in [2.75, 3.05) is 0 Å². The molecular weight excluding hydrogens is 280 g/mol. The zero-order chi connectivity index (χ0) is 12.6. The lowest BCUT2D eigenvalue weighted by Gasteiger charge is -2.09. The van der Waals surface area contributed by atoms with Crippen molar-refractivity contribution < 1.29 is 0 Å². The van der Waals surface area contributed by atoms with Gasteiger partial charge >= 0.3 is 0 Å². The molecule has 0 amide bonds. The molecule has 0 fully saturated rings. The van der Waals surface area contributed by atoms with E-state index in [1.807, 2.05) is 39.0 Å². The van der Waals surface area contributed by atoms with E-state index >= 15 is 0 Å². The number of hydrogen-bond acceptors (Lipinski definition) is 2. The summed E-state index contributed by atoms with van der Waals surface area (Å²) in [5.74, 6) is 0.631. The van der Waals surface area contributed by atoms with Crippen LogP contribution in [-0.4, -0.2) is 9.97 Å². The molecule has 0 atom stereocenters. The number of hydrogen-bond donors (Lipinski definition) is 1. The summed E-state index contributed by atoms with van der Waals surface area (Å²) in [6.07, 6.45) is 0. The molecule has 1 heterocycles. The molecule has 17 heavy (non-hydrogen) atoms. The number of aromatic nitrogens is 2. The Morgan fingerprint density at radius 3 is 2.29 bits per heavy atom. The molecular formula is C13H13BrN2O. The maximum absolute atomic E-state index is 11.7. The average molecular weight is 293 g/mol. The van der Waals surface area contributed by atoms with Crippen LogP contribution in [0.3, 0.4) is 0 Å². The predicted octanol–water partition coefficient (Wildman–Crippen LogP) is 3.12. The third kappa shape index (κ3) is 2.17. The highest BCUT2D eigenvalue weighted by Gasteiger charge is 2.10. The Kier molecular flexibility index (Phi) is 3.15. The lowest BCUT2D eigenvalue weighted by atomic mass is 10.0. The summed E-state index contributed by atoms with van der Waals surface area (Å²) in [6.45, 7) is 5.84. The van der Waals surface area contributed by atoms with Crippen molar-refractivity contribution in [2.45, 2.75) is 20.8 Å². The molecule has 0 saturated carbocycles. The van der Waals surface area contributed by atoms with E-state index in [2.05, 4.69) is 25.9 Å².